The molecule has 3 unspecified atom stereocenters. The Morgan fingerprint density at radius 1 is 1.18 bits per heavy atom. The molecule has 2 heterocycles. The monoisotopic (exact) mass is 501 g/mol. The Labute approximate surface area is 186 Å². The van der Waals surface area contributed by atoms with Crippen molar-refractivity contribution in [3.63, 3.8) is 0 Å². The molecule has 3 aliphatic rings. The molecule has 1 aromatic heterocycles. The van der Waals surface area contributed by atoms with Gasteiger partial charge in [0.15, 0.2) is 5.96 Å². The highest BCUT2D eigenvalue weighted by Crippen LogP contribution is 2.46. The molecule has 0 aromatic carbocycles. The number of rotatable bonds is 5. The van der Waals surface area contributed by atoms with Gasteiger partial charge in [-0.15, -0.1) is 24.0 Å². The molecule has 2 saturated carbocycles. The lowest BCUT2D eigenvalue weighted by molar-refractivity contribution is 0.0958. The van der Waals surface area contributed by atoms with Gasteiger partial charge in [0.05, 0.1) is 5.69 Å². The van der Waals surface area contributed by atoms with E-state index in [1.165, 1.54) is 44.3 Å². The average Bonchev–Trinajstić information content (AvgIpc) is 3.39. The lowest BCUT2D eigenvalue weighted by atomic mass is 9.93. The first-order chi connectivity index (χ1) is 13.2. The van der Waals surface area contributed by atoms with Crippen LogP contribution in [0.1, 0.15) is 49.6 Å². The van der Waals surface area contributed by atoms with E-state index in [0.717, 1.165) is 67.9 Å². The largest absolute Gasteiger partial charge is 0.361 e. The van der Waals surface area contributed by atoms with Crippen LogP contribution in [-0.4, -0.2) is 66.2 Å². The molecule has 28 heavy (non-hydrogen) atoms. The number of hydrogen-bond donors (Lipinski definition) is 1. The number of nitrogens with one attached hydrogen (secondary N) is 1. The van der Waals surface area contributed by atoms with Crippen molar-refractivity contribution in [1.82, 2.24) is 20.3 Å². The number of aromatic nitrogens is 1. The lowest BCUT2D eigenvalue weighted by Crippen LogP contribution is -2.55. The first-order valence-electron chi connectivity index (χ1n) is 10.8. The normalized spacial score (nSPS) is 27.9. The summed E-state index contributed by atoms with van der Waals surface area (Å²) in [6, 6.07) is 0.866. The van der Waals surface area contributed by atoms with Gasteiger partial charge in [-0.1, -0.05) is 11.6 Å². The van der Waals surface area contributed by atoms with Crippen molar-refractivity contribution in [3.8, 4) is 0 Å². The zero-order valence-corrected chi connectivity index (χ0v) is 19.9. The molecule has 3 fully saturated rings. The Hall–Kier alpha value is -0.830. The molecule has 7 heteroatoms. The van der Waals surface area contributed by atoms with E-state index >= 15 is 0 Å². The molecule has 1 aromatic rings. The number of halogens is 1. The lowest BCUT2D eigenvalue weighted by Gasteiger charge is -2.42. The van der Waals surface area contributed by atoms with E-state index in [4.69, 9.17) is 9.52 Å². The summed E-state index contributed by atoms with van der Waals surface area (Å²) >= 11 is 0. The van der Waals surface area contributed by atoms with E-state index in [2.05, 4.69) is 27.2 Å². The second kappa shape index (κ2) is 9.78. The van der Waals surface area contributed by atoms with Gasteiger partial charge in [-0.05, 0) is 58.3 Å². The first kappa shape index (κ1) is 21.9. The number of nitrogens with zero attached hydrogens (tertiary/aromatic N) is 4. The van der Waals surface area contributed by atoms with Crippen molar-refractivity contribution < 1.29 is 4.52 Å². The van der Waals surface area contributed by atoms with Crippen LogP contribution in [0, 0.1) is 25.7 Å². The number of aryl methyl sites for hydroxylation is 2. The Kier molecular flexibility index (Phi) is 7.64. The second-order valence-electron chi connectivity index (χ2n) is 8.55. The predicted molar refractivity (Wildman–Crippen MR) is 123 cm³/mol. The highest BCUT2D eigenvalue weighted by atomic mass is 127. The second-order valence-corrected chi connectivity index (χ2v) is 8.55. The van der Waals surface area contributed by atoms with Crippen LogP contribution < -0.4 is 5.32 Å². The predicted octanol–water partition coefficient (Wildman–Crippen LogP) is 3.22. The SMILES string of the molecule is CCNC(=NCCc1c(C)noc1C)N1CCN(C2CC3CCC2C3)CC1.I. The molecular weight excluding hydrogens is 465 g/mol. The van der Waals surface area contributed by atoms with Crippen molar-refractivity contribution in [2.75, 3.05) is 39.3 Å². The topological polar surface area (TPSA) is 56.9 Å². The molecule has 1 aliphatic heterocycles. The highest BCUT2D eigenvalue weighted by Gasteiger charge is 2.42. The molecule has 6 nitrogen and oxygen atoms in total. The van der Waals surface area contributed by atoms with Crippen molar-refractivity contribution >= 4 is 29.9 Å². The molecule has 2 aliphatic carbocycles. The van der Waals surface area contributed by atoms with Gasteiger partial charge in [0.1, 0.15) is 5.76 Å². The zero-order valence-electron chi connectivity index (χ0n) is 17.6. The third kappa shape index (κ3) is 4.66. The van der Waals surface area contributed by atoms with Crippen molar-refractivity contribution in [3.05, 3.63) is 17.0 Å². The van der Waals surface area contributed by atoms with Crippen LogP contribution >= 0.6 is 24.0 Å². The summed E-state index contributed by atoms with van der Waals surface area (Å²) in [5, 5.41) is 7.54. The minimum atomic E-state index is 0. The summed E-state index contributed by atoms with van der Waals surface area (Å²) in [6.45, 7) is 12.4. The molecule has 0 radical (unpaired) electrons. The maximum atomic E-state index is 5.27. The van der Waals surface area contributed by atoms with Crippen LogP contribution in [0.2, 0.25) is 0 Å². The molecule has 4 rings (SSSR count). The quantitative estimate of drug-likeness (QED) is 0.382. The third-order valence-corrected chi connectivity index (χ3v) is 6.92. The summed E-state index contributed by atoms with van der Waals surface area (Å²) in [6.07, 6.45) is 6.80. The zero-order chi connectivity index (χ0) is 18.8. The Balaban J connectivity index is 0.00000225. The van der Waals surface area contributed by atoms with Gasteiger partial charge in [-0.3, -0.25) is 9.89 Å². The number of fused-ring (bicyclic) bond motifs is 2. The summed E-state index contributed by atoms with van der Waals surface area (Å²) < 4.78 is 5.27. The number of aliphatic imine (C=N–C) groups is 1. The summed E-state index contributed by atoms with van der Waals surface area (Å²) in [5.41, 5.74) is 2.20. The number of guanidine groups is 1. The molecule has 0 spiro atoms. The van der Waals surface area contributed by atoms with Crippen LogP contribution in [0.4, 0.5) is 0 Å². The minimum absolute atomic E-state index is 0. The summed E-state index contributed by atoms with van der Waals surface area (Å²) in [5.74, 6) is 4.00. The Bertz CT molecular complexity index is 648. The van der Waals surface area contributed by atoms with Crippen LogP contribution in [0.15, 0.2) is 9.52 Å². The van der Waals surface area contributed by atoms with Crippen molar-refractivity contribution in [2.45, 2.75) is 58.9 Å². The van der Waals surface area contributed by atoms with Gasteiger partial charge in [0, 0.05) is 50.9 Å². The van der Waals surface area contributed by atoms with Gasteiger partial charge in [-0.25, -0.2) is 0 Å². The summed E-state index contributed by atoms with van der Waals surface area (Å²) in [4.78, 5) is 10.1. The van der Waals surface area contributed by atoms with Crippen LogP contribution in [-0.2, 0) is 6.42 Å². The Morgan fingerprint density at radius 3 is 2.54 bits per heavy atom. The fourth-order valence-electron chi connectivity index (χ4n) is 5.48. The van der Waals surface area contributed by atoms with Crippen LogP contribution in [0.3, 0.4) is 0 Å². The highest BCUT2D eigenvalue weighted by molar-refractivity contribution is 14.0. The molecule has 2 bridgehead atoms. The molecule has 0 amide bonds. The van der Waals surface area contributed by atoms with Gasteiger partial charge in [-0.2, -0.15) is 0 Å². The van der Waals surface area contributed by atoms with E-state index in [0.29, 0.717) is 0 Å². The van der Waals surface area contributed by atoms with Crippen molar-refractivity contribution in [1.29, 1.82) is 0 Å². The van der Waals surface area contributed by atoms with E-state index in [9.17, 15) is 0 Å². The first-order valence-corrected chi connectivity index (χ1v) is 10.8. The van der Waals surface area contributed by atoms with Crippen LogP contribution in [0.25, 0.3) is 0 Å². The standard InChI is InChI=1S/C21H35N5O.HI/c1-4-22-21(23-8-7-19-15(2)24-27-16(19)3)26-11-9-25(10-12-26)20-14-17-5-6-18(20)13-17;/h17-18,20H,4-14H2,1-3H3,(H,22,23);1H. The Morgan fingerprint density at radius 2 is 1.96 bits per heavy atom. The van der Waals surface area contributed by atoms with Gasteiger partial charge in [0.2, 0.25) is 0 Å². The average molecular weight is 501 g/mol. The van der Waals surface area contributed by atoms with Gasteiger partial charge < -0.3 is 14.7 Å². The van der Waals surface area contributed by atoms with Crippen molar-refractivity contribution in [2.24, 2.45) is 16.8 Å². The number of piperazine rings is 1. The van der Waals surface area contributed by atoms with Gasteiger partial charge >= 0.3 is 0 Å². The molecule has 1 N–H and O–H groups in total. The molecule has 1 saturated heterocycles. The van der Waals surface area contributed by atoms with E-state index in [-0.39, 0.29) is 24.0 Å². The maximum Gasteiger partial charge on any atom is 0.194 e. The van der Waals surface area contributed by atoms with E-state index < -0.39 is 0 Å². The fourth-order valence-corrected chi connectivity index (χ4v) is 5.48. The molecule has 158 valence electrons. The number of hydrogen-bond acceptors (Lipinski definition) is 4. The molecular formula is C21H36IN5O. The fraction of sp³-hybridized carbons (Fsp3) is 0.810. The van der Waals surface area contributed by atoms with Crippen LogP contribution in [0.5, 0.6) is 0 Å². The van der Waals surface area contributed by atoms with E-state index in [1.807, 2.05) is 13.8 Å². The maximum absolute atomic E-state index is 5.27. The van der Waals surface area contributed by atoms with E-state index in [1.54, 1.807) is 0 Å². The van der Waals surface area contributed by atoms with Gasteiger partial charge in [0.25, 0.3) is 0 Å². The minimum Gasteiger partial charge on any atom is -0.361 e. The molecule has 3 atom stereocenters. The smallest absolute Gasteiger partial charge is 0.194 e. The summed E-state index contributed by atoms with van der Waals surface area (Å²) in [7, 11) is 0. The third-order valence-electron chi connectivity index (χ3n) is 6.92.